The van der Waals surface area contributed by atoms with Crippen LogP contribution in [0.3, 0.4) is 0 Å². The highest BCUT2D eigenvalue weighted by molar-refractivity contribution is 5.77. The van der Waals surface area contributed by atoms with Crippen molar-refractivity contribution in [3.63, 3.8) is 0 Å². The molecule has 1 saturated carbocycles. The normalized spacial score (nSPS) is 27.5. The van der Waals surface area contributed by atoms with Gasteiger partial charge in [-0.3, -0.25) is 4.79 Å². The van der Waals surface area contributed by atoms with Crippen molar-refractivity contribution in [2.75, 3.05) is 13.2 Å². The molecular weight excluding hydrogens is 322 g/mol. The van der Waals surface area contributed by atoms with Gasteiger partial charge in [0.05, 0.1) is 25.2 Å². The van der Waals surface area contributed by atoms with E-state index in [-0.39, 0.29) is 30.7 Å². The van der Waals surface area contributed by atoms with Gasteiger partial charge in [0.25, 0.3) is 0 Å². The molecule has 7 heteroatoms. The molecule has 144 valence electrons. The second-order valence-corrected chi connectivity index (χ2v) is 7.17. The van der Waals surface area contributed by atoms with Crippen LogP contribution in [0.1, 0.15) is 64.7 Å². The van der Waals surface area contributed by atoms with Crippen LogP contribution in [0.15, 0.2) is 0 Å². The molecule has 25 heavy (non-hydrogen) atoms. The van der Waals surface area contributed by atoms with Crippen LogP contribution in [0.25, 0.3) is 0 Å². The van der Waals surface area contributed by atoms with Gasteiger partial charge >= 0.3 is 6.03 Å². The summed E-state index contributed by atoms with van der Waals surface area (Å²) < 4.78 is 5.86. The van der Waals surface area contributed by atoms with Gasteiger partial charge in [-0.1, -0.05) is 26.2 Å². The number of ether oxygens (including phenoxy) is 1. The Morgan fingerprint density at radius 2 is 1.84 bits per heavy atom. The molecule has 1 aliphatic heterocycles. The van der Waals surface area contributed by atoms with E-state index in [1.165, 1.54) is 19.3 Å². The lowest BCUT2D eigenvalue weighted by Crippen LogP contribution is -2.54. The molecule has 1 aliphatic carbocycles. The van der Waals surface area contributed by atoms with Gasteiger partial charge in [0.1, 0.15) is 6.10 Å². The molecular formula is C18H33N3O4. The molecule has 2 fully saturated rings. The second kappa shape index (κ2) is 10.6. The Balaban J connectivity index is 1.74. The van der Waals surface area contributed by atoms with E-state index in [2.05, 4.69) is 16.0 Å². The number of urea groups is 1. The fraction of sp³-hybridized carbons (Fsp3) is 0.889. The number of aliphatic hydroxyl groups is 1. The first-order valence-electron chi connectivity index (χ1n) is 9.72. The Morgan fingerprint density at radius 3 is 2.52 bits per heavy atom. The van der Waals surface area contributed by atoms with Crippen LogP contribution in [-0.4, -0.2) is 54.5 Å². The van der Waals surface area contributed by atoms with Gasteiger partial charge in [-0.15, -0.1) is 0 Å². The zero-order chi connectivity index (χ0) is 18.1. The van der Waals surface area contributed by atoms with Crippen molar-refractivity contribution < 1.29 is 19.4 Å². The molecule has 0 spiro atoms. The predicted molar refractivity (Wildman–Crippen MR) is 95.2 cm³/mol. The quantitative estimate of drug-likeness (QED) is 0.555. The Bertz CT molecular complexity index is 427. The Kier molecular flexibility index (Phi) is 8.48. The van der Waals surface area contributed by atoms with E-state index in [0.29, 0.717) is 31.8 Å². The molecule has 1 saturated heterocycles. The predicted octanol–water partition coefficient (Wildman–Crippen LogP) is 1.44. The molecule has 0 aromatic rings. The maximum Gasteiger partial charge on any atom is 0.315 e. The first-order valence-corrected chi connectivity index (χ1v) is 9.72. The third-order valence-electron chi connectivity index (χ3n) is 5.03. The largest absolute Gasteiger partial charge is 0.394 e. The van der Waals surface area contributed by atoms with Crippen LogP contribution >= 0.6 is 0 Å². The first-order chi connectivity index (χ1) is 12.1. The van der Waals surface area contributed by atoms with Crippen molar-refractivity contribution in [1.82, 2.24) is 16.0 Å². The van der Waals surface area contributed by atoms with Crippen LogP contribution in [-0.2, 0) is 9.53 Å². The van der Waals surface area contributed by atoms with Crippen LogP contribution in [0.2, 0.25) is 0 Å². The van der Waals surface area contributed by atoms with Gasteiger partial charge in [-0.2, -0.15) is 0 Å². The minimum absolute atomic E-state index is 0.0284. The summed E-state index contributed by atoms with van der Waals surface area (Å²) in [6.07, 6.45) is 7.69. The van der Waals surface area contributed by atoms with E-state index in [0.717, 1.165) is 19.3 Å². The SMILES string of the molecule is CCCNC(=O)N[C@@H]1CC[C@H](CC(=O)NC2CCCCC2)O[C@@H]1CO. The van der Waals surface area contributed by atoms with Crippen molar-refractivity contribution in [3.05, 3.63) is 0 Å². The highest BCUT2D eigenvalue weighted by Gasteiger charge is 2.33. The molecule has 0 aromatic carbocycles. The smallest absolute Gasteiger partial charge is 0.315 e. The van der Waals surface area contributed by atoms with Crippen molar-refractivity contribution in [1.29, 1.82) is 0 Å². The number of nitrogens with one attached hydrogen (secondary N) is 3. The zero-order valence-corrected chi connectivity index (χ0v) is 15.3. The third-order valence-corrected chi connectivity index (χ3v) is 5.03. The maximum absolute atomic E-state index is 12.2. The summed E-state index contributed by atoms with van der Waals surface area (Å²) in [5, 5.41) is 18.3. The van der Waals surface area contributed by atoms with Gasteiger partial charge in [-0.25, -0.2) is 4.79 Å². The molecule has 2 aliphatic rings. The minimum atomic E-state index is -0.464. The van der Waals surface area contributed by atoms with E-state index < -0.39 is 6.10 Å². The number of hydrogen-bond acceptors (Lipinski definition) is 4. The molecule has 0 aromatic heterocycles. The third kappa shape index (κ3) is 6.82. The van der Waals surface area contributed by atoms with Crippen LogP contribution < -0.4 is 16.0 Å². The standard InChI is InChI=1S/C18H33N3O4/c1-2-10-19-18(24)21-15-9-8-14(25-16(15)12-22)11-17(23)20-13-6-4-3-5-7-13/h13-16,22H,2-12H2,1H3,(H,20,23)(H2,19,21,24)/t14-,15-,16-/m1/s1. The summed E-state index contributed by atoms with van der Waals surface area (Å²) in [5.41, 5.74) is 0. The monoisotopic (exact) mass is 355 g/mol. The lowest BCUT2D eigenvalue weighted by atomic mass is 9.94. The Labute approximate surface area is 150 Å². The average molecular weight is 355 g/mol. The maximum atomic E-state index is 12.2. The molecule has 0 bridgehead atoms. The van der Waals surface area contributed by atoms with Gasteiger partial charge in [0.2, 0.25) is 5.91 Å². The number of carbonyl (C=O) groups excluding carboxylic acids is 2. The molecule has 3 amide bonds. The minimum Gasteiger partial charge on any atom is -0.394 e. The molecule has 0 unspecified atom stereocenters. The topological polar surface area (TPSA) is 99.7 Å². The van der Waals surface area contributed by atoms with E-state index in [1.54, 1.807) is 0 Å². The number of hydrogen-bond donors (Lipinski definition) is 4. The number of carbonyl (C=O) groups is 2. The van der Waals surface area contributed by atoms with E-state index >= 15 is 0 Å². The summed E-state index contributed by atoms with van der Waals surface area (Å²) in [4.78, 5) is 24.0. The number of aliphatic hydroxyl groups excluding tert-OH is 1. The molecule has 4 N–H and O–H groups in total. The Hall–Kier alpha value is -1.34. The molecule has 7 nitrogen and oxygen atoms in total. The van der Waals surface area contributed by atoms with Crippen molar-refractivity contribution in [3.8, 4) is 0 Å². The molecule has 3 atom stereocenters. The molecule has 1 heterocycles. The number of rotatable bonds is 7. The summed E-state index contributed by atoms with van der Waals surface area (Å²) in [7, 11) is 0. The van der Waals surface area contributed by atoms with Crippen molar-refractivity contribution in [2.45, 2.75) is 89.0 Å². The van der Waals surface area contributed by atoms with Gasteiger partial charge in [-0.05, 0) is 32.1 Å². The van der Waals surface area contributed by atoms with Gasteiger partial charge in [0, 0.05) is 12.6 Å². The zero-order valence-electron chi connectivity index (χ0n) is 15.3. The fourth-order valence-corrected chi connectivity index (χ4v) is 3.65. The highest BCUT2D eigenvalue weighted by Crippen LogP contribution is 2.23. The summed E-state index contributed by atoms with van der Waals surface area (Å²) >= 11 is 0. The van der Waals surface area contributed by atoms with E-state index in [1.807, 2.05) is 6.92 Å². The van der Waals surface area contributed by atoms with Crippen LogP contribution in [0, 0.1) is 0 Å². The van der Waals surface area contributed by atoms with Crippen molar-refractivity contribution >= 4 is 11.9 Å². The van der Waals surface area contributed by atoms with Crippen LogP contribution in [0.5, 0.6) is 0 Å². The van der Waals surface area contributed by atoms with E-state index in [9.17, 15) is 14.7 Å². The fourth-order valence-electron chi connectivity index (χ4n) is 3.65. The van der Waals surface area contributed by atoms with E-state index in [4.69, 9.17) is 4.74 Å². The number of amides is 3. The highest BCUT2D eigenvalue weighted by atomic mass is 16.5. The lowest BCUT2D eigenvalue weighted by Gasteiger charge is -2.36. The summed E-state index contributed by atoms with van der Waals surface area (Å²) in [6, 6.07) is -0.156. The second-order valence-electron chi connectivity index (χ2n) is 7.17. The van der Waals surface area contributed by atoms with Crippen LogP contribution in [0.4, 0.5) is 4.79 Å². The first kappa shape index (κ1) is 20.0. The lowest BCUT2D eigenvalue weighted by molar-refractivity contribution is -0.131. The molecule has 2 rings (SSSR count). The summed E-state index contributed by atoms with van der Waals surface area (Å²) in [5.74, 6) is 0.0284. The Morgan fingerprint density at radius 1 is 1.08 bits per heavy atom. The van der Waals surface area contributed by atoms with Crippen molar-refractivity contribution in [2.24, 2.45) is 0 Å². The summed E-state index contributed by atoms with van der Waals surface area (Å²) in [6.45, 7) is 2.44. The average Bonchev–Trinajstić information content (AvgIpc) is 2.62. The van der Waals surface area contributed by atoms with Gasteiger partial charge in [0.15, 0.2) is 0 Å². The molecule has 0 radical (unpaired) electrons. The van der Waals surface area contributed by atoms with Gasteiger partial charge < -0.3 is 25.8 Å².